The number of rotatable bonds is 4. The van der Waals surface area contributed by atoms with Crippen LogP contribution in [0.3, 0.4) is 0 Å². The third-order valence-corrected chi connectivity index (χ3v) is 2.67. The van der Waals surface area contributed by atoms with E-state index in [0.717, 1.165) is 19.0 Å². The summed E-state index contributed by atoms with van der Waals surface area (Å²) in [7, 11) is 4.31. The van der Waals surface area contributed by atoms with Gasteiger partial charge in [-0.25, -0.2) is 0 Å². The Morgan fingerprint density at radius 3 is 2.85 bits per heavy atom. The van der Waals surface area contributed by atoms with Gasteiger partial charge in [0.15, 0.2) is 0 Å². The van der Waals surface area contributed by atoms with Crippen LogP contribution >= 0.6 is 0 Å². The second kappa shape index (κ2) is 5.58. The largest absolute Gasteiger partial charge is 0.329 e. The molecule has 0 saturated carbocycles. The van der Waals surface area contributed by atoms with Crippen LogP contribution in [0.1, 0.15) is 12.8 Å². The molecule has 0 aromatic carbocycles. The fraction of sp³-hybridized carbons (Fsp3) is 1.00. The van der Waals surface area contributed by atoms with Gasteiger partial charge in [-0.05, 0) is 39.4 Å². The number of hydrogen-bond donors (Lipinski definition) is 1. The Bertz CT molecular complexity index is 134. The second-order valence-electron chi connectivity index (χ2n) is 4.36. The molecule has 3 heteroatoms. The fourth-order valence-electron chi connectivity index (χ4n) is 2.20. The third kappa shape index (κ3) is 4.07. The van der Waals surface area contributed by atoms with Gasteiger partial charge in [0.1, 0.15) is 0 Å². The highest BCUT2D eigenvalue weighted by atomic mass is 15.1. The van der Waals surface area contributed by atoms with E-state index < -0.39 is 0 Å². The third-order valence-electron chi connectivity index (χ3n) is 2.67. The Morgan fingerprint density at radius 2 is 2.23 bits per heavy atom. The molecule has 0 aromatic rings. The number of hydrogen-bond acceptors (Lipinski definition) is 3. The predicted molar refractivity (Wildman–Crippen MR) is 56.8 cm³/mol. The maximum Gasteiger partial charge on any atom is 0.0105 e. The van der Waals surface area contributed by atoms with Crippen LogP contribution in [0, 0.1) is 5.92 Å². The van der Waals surface area contributed by atoms with Gasteiger partial charge in [-0.1, -0.05) is 0 Å². The van der Waals surface area contributed by atoms with Crippen LogP contribution in [0.4, 0.5) is 0 Å². The van der Waals surface area contributed by atoms with Crippen LogP contribution < -0.4 is 5.73 Å². The van der Waals surface area contributed by atoms with Crippen molar-refractivity contribution < 1.29 is 0 Å². The number of piperidine rings is 1. The SMILES string of the molecule is CN(C)C[C@H]1CCCN(CCN)C1. The zero-order valence-corrected chi connectivity index (χ0v) is 9.00. The van der Waals surface area contributed by atoms with E-state index in [4.69, 9.17) is 5.73 Å². The first-order valence-electron chi connectivity index (χ1n) is 5.29. The molecule has 0 unspecified atom stereocenters. The highest BCUT2D eigenvalue weighted by Gasteiger charge is 2.19. The molecule has 0 amide bonds. The Kier molecular flexibility index (Phi) is 4.70. The summed E-state index contributed by atoms with van der Waals surface area (Å²) in [5.74, 6) is 0.857. The summed E-state index contributed by atoms with van der Waals surface area (Å²) in [4.78, 5) is 4.79. The minimum atomic E-state index is 0.800. The Balaban J connectivity index is 2.24. The summed E-state index contributed by atoms with van der Waals surface area (Å²) in [5.41, 5.74) is 5.55. The predicted octanol–water partition coefficient (Wildman–Crippen LogP) is 0.219. The lowest BCUT2D eigenvalue weighted by molar-refractivity contribution is 0.155. The molecule has 1 saturated heterocycles. The summed E-state index contributed by atoms with van der Waals surface area (Å²) in [6.07, 6.45) is 2.73. The summed E-state index contributed by atoms with van der Waals surface area (Å²) >= 11 is 0. The Labute approximate surface area is 81.9 Å². The van der Waals surface area contributed by atoms with Crippen molar-refractivity contribution >= 4 is 0 Å². The van der Waals surface area contributed by atoms with Crippen molar-refractivity contribution in [1.29, 1.82) is 0 Å². The van der Waals surface area contributed by atoms with Crippen LogP contribution in [0.5, 0.6) is 0 Å². The Morgan fingerprint density at radius 1 is 1.46 bits per heavy atom. The van der Waals surface area contributed by atoms with E-state index in [-0.39, 0.29) is 0 Å². The molecule has 0 spiro atoms. The van der Waals surface area contributed by atoms with Crippen LogP contribution in [0.15, 0.2) is 0 Å². The first kappa shape index (κ1) is 11.0. The van der Waals surface area contributed by atoms with E-state index in [2.05, 4.69) is 23.9 Å². The van der Waals surface area contributed by atoms with Gasteiger partial charge in [-0.3, -0.25) is 0 Å². The van der Waals surface area contributed by atoms with Crippen molar-refractivity contribution in [3.63, 3.8) is 0 Å². The van der Waals surface area contributed by atoms with Gasteiger partial charge in [0.2, 0.25) is 0 Å². The average Bonchev–Trinajstić information content (AvgIpc) is 2.04. The van der Waals surface area contributed by atoms with Crippen molar-refractivity contribution in [3.8, 4) is 0 Å². The molecule has 78 valence electrons. The maximum atomic E-state index is 5.55. The molecular weight excluding hydrogens is 162 g/mol. The second-order valence-corrected chi connectivity index (χ2v) is 4.36. The topological polar surface area (TPSA) is 32.5 Å². The van der Waals surface area contributed by atoms with E-state index >= 15 is 0 Å². The van der Waals surface area contributed by atoms with Gasteiger partial charge in [0.05, 0.1) is 0 Å². The monoisotopic (exact) mass is 185 g/mol. The van der Waals surface area contributed by atoms with Gasteiger partial charge in [0.25, 0.3) is 0 Å². The molecule has 0 radical (unpaired) electrons. The first-order valence-corrected chi connectivity index (χ1v) is 5.29. The van der Waals surface area contributed by atoms with Crippen molar-refractivity contribution in [2.45, 2.75) is 12.8 Å². The first-order chi connectivity index (χ1) is 6.22. The molecule has 0 aromatic heterocycles. The van der Waals surface area contributed by atoms with Gasteiger partial charge in [-0.15, -0.1) is 0 Å². The number of likely N-dealkylation sites (tertiary alicyclic amines) is 1. The van der Waals surface area contributed by atoms with Crippen molar-refractivity contribution in [1.82, 2.24) is 9.80 Å². The van der Waals surface area contributed by atoms with E-state index in [9.17, 15) is 0 Å². The molecule has 1 atom stereocenters. The number of nitrogens with two attached hydrogens (primary N) is 1. The van der Waals surface area contributed by atoms with Crippen LogP contribution in [0.25, 0.3) is 0 Å². The molecule has 0 aliphatic carbocycles. The smallest absolute Gasteiger partial charge is 0.0105 e. The van der Waals surface area contributed by atoms with Crippen LogP contribution in [-0.2, 0) is 0 Å². The average molecular weight is 185 g/mol. The van der Waals surface area contributed by atoms with Crippen molar-refractivity contribution in [3.05, 3.63) is 0 Å². The quantitative estimate of drug-likeness (QED) is 0.680. The number of nitrogens with zero attached hydrogens (tertiary/aromatic N) is 2. The van der Waals surface area contributed by atoms with Crippen molar-refractivity contribution in [2.75, 3.05) is 46.8 Å². The zero-order chi connectivity index (χ0) is 9.68. The lowest BCUT2D eigenvalue weighted by atomic mass is 9.98. The molecule has 0 bridgehead atoms. The van der Waals surface area contributed by atoms with Gasteiger partial charge < -0.3 is 15.5 Å². The molecule has 1 rings (SSSR count). The van der Waals surface area contributed by atoms with Gasteiger partial charge in [-0.2, -0.15) is 0 Å². The normalized spacial score (nSPS) is 25.4. The highest BCUT2D eigenvalue weighted by molar-refractivity contribution is 4.74. The molecular formula is C10H23N3. The molecule has 1 fully saturated rings. The molecule has 1 heterocycles. The Hall–Kier alpha value is -0.120. The molecule has 1 aliphatic heterocycles. The van der Waals surface area contributed by atoms with Crippen LogP contribution in [0.2, 0.25) is 0 Å². The molecule has 13 heavy (non-hydrogen) atoms. The van der Waals surface area contributed by atoms with E-state index in [1.54, 1.807) is 0 Å². The molecule has 3 nitrogen and oxygen atoms in total. The van der Waals surface area contributed by atoms with Crippen molar-refractivity contribution in [2.24, 2.45) is 11.7 Å². The van der Waals surface area contributed by atoms with E-state index in [1.165, 1.54) is 32.5 Å². The lowest BCUT2D eigenvalue weighted by Crippen LogP contribution is -2.41. The van der Waals surface area contributed by atoms with Crippen LogP contribution in [-0.4, -0.2) is 56.6 Å². The van der Waals surface area contributed by atoms with E-state index in [0.29, 0.717) is 0 Å². The summed E-state index contributed by atoms with van der Waals surface area (Å²) in [6, 6.07) is 0. The summed E-state index contributed by atoms with van der Waals surface area (Å²) < 4.78 is 0. The minimum absolute atomic E-state index is 0.800. The lowest BCUT2D eigenvalue weighted by Gasteiger charge is -2.33. The minimum Gasteiger partial charge on any atom is -0.329 e. The maximum absolute atomic E-state index is 5.55. The van der Waals surface area contributed by atoms with E-state index in [1.807, 2.05) is 0 Å². The highest BCUT2D eigenvalue weighted by Crippen LogP contribution is 2.16. The standard InChI is InChI=1S/C10H23N3/c1-12(2)8-10-4-3-6-13(9-10)7-5-11/h10H,3-9,11H2,1-2H3/t10-/m1/s1. The fourth-order valence-corrected chi connectivity index (χ4v) is 2.20. The van der Waals surface area contributed by atoms with Gasteiger partial charge in [0, 0.05) is 26.2 Å². The summed E-state index contributed by atoms with van der Waals surface area (Å²) in [5, 5.41) is 0. The van der Waals surface area contributed by atoms with Gasteiger partial charge >= 0.3 is 0 Å². The summed E-state index contributed by atoms with van der Waals surface area (Å²) in [6.45, 7) is 5.59. The molecule has 1 aliphatic rings. The zero-order valence-electron chi connectivity index (χ0n) is 9.00. The molecule has 2 N–H and O–H groups in total.